The summed E-state index contributed by atoms with van der Waals surface area (Å²) in [4.78, 5) is 27.8. The molecule has 0 amide bonds. The second-order valence-electron chi connectivity index (χ2n) is 7.86. The second-order valence-corrected chi connectivity index (χ2v) is 10.0. The van der Waals surface area contributed by atoms with Gasteiger partial charge in [-0.25, -0.2) is 4.79 Å². The minimum absolute atomic E-state index is 0.315. The van der Waals surface area contributed by atoms with E-state index in [0.717, 1.165) is 34.1 Å². The Morgan fingerprint density at radius 3 is 2.73 bits per heavy atom. The molecule has 2 heterocycles. The third kappa shape index (κ3) is 5.09. The monoisotopic (exact) mass is 477 g/mol. The number of anilines is 2. The van der Waals surface area contributed by atoms with Crippen LogP contribution in [0.4, 0.5) is 11.5 Å². The number of nitrogens with zero attached hydrogens (tertiary/aromatic N) is 3. The van der Waals surface area contributed by atoms with Crippen molar-refractivity contribution in [1.29, 1.82) is 0 Å². The molecule has 0 unspecified atom stereocenters. The van der Waals surface area contributed by atoms with Crippen molar-refractivity contribution < 1.29 is 0 Å². The number of H-pyrrole nitrogens is 1. The number of hydrogen-bond donors (Lipinski definition) is 2. The van der Waals surface area contributed by atoms with Crippen molar-refractivity contribution in [2.45, 2.75) is 31.6 Å². The molecule has 2 aromatic carbocycles. The minimum Gasteiger partial charge on any atom is -0.342 e. The Labute approximate surface area is 198 Å². The van der Waals surface area contributed by atoms with E-state index in [1.807, 2.05) is 36.4 Å². The SMILES string of the molecule is O=c1cc(Nc2ccc3c(c2)CCC3)[nH]c(=O)n1CCSCc1nnc(-c2ccccc2)s1. The summed E-state index contributed by atoms with van der Waals surface area (Å²) < 4.78 is 1.23. The van der Waals surface area contributed by atoms with Crippen LogP contribution in [0.2, 0.25) is 0 Å². The number of benzene rings is 2. The molecular weight excluding hydrogens is 454 g/mol. The van der Waals surface area contributed by atoms with Gasteiger partial charge in [0, 0.05) is 35.4 Å². The lowest BCUT2D eigenvalue weighted by molar-refractivity contribution is 0.681. The molecule has 7 nitrogen and oxygen atoms in total. The maximum atomic E-state index is 12.5. The molecule has 4 aromatic rings. The quantitative estimate of drug-likeness (QED) is 0.369. The molecule has 2 N–H and O–H groups in total. The fourth-order valence-electron chi connectivity index (χ4n) is 3.93. The van der Waals surface area contributed by atoms with Crippen molar-refractivity contribution in [3.05, 3.63) is 91.6 Å². The van der Waals surface area contributed by atoms with Crippen LogP contribution in [-0.2, 0) is 25.1 Å². The summed E-state index contributed by atoms with van der Waals surface area (Å²) in [5.41, 5.74) is 3.93. The van der Waals surface area contributed by atoms with E-state index in [-0.39, 0.29) is 5.56 Å². The van der Waals surface area contributed by atoms with Gasteiger partial charge in [-0.2, -0.15) is 11.8 Å². The van der Waals surface area contributed by atoms with Crippen LogP contribution < -0.4 is 16.6 Å². The van der Waals surface area contributed by atoms with E-state index in [4.69, 9.17) is 0 Å². The topological polar surface area (TPSA) is 92.7 Å². The van der Waals surface area contributed by atoms with Crippen LogP contribution >= 0.6 is 23.1 Å². The first-order chi connectivity index (χ1) is 16.2. The molecule has 2 aromatic heterocycles. The summed E-state index contributed by atoms with van der Waals surface area (Å²) in [5, 5.41) is 13.5. The van der Waals surface area contributed by atoms with Crippen LogP contribution in [0.5, 0.6) is 0 Å². The Kier molecular flexibility index (Phi) is 6.41. The maximum absolute atomic E-state index is 12.5. The molecule has 0 radical (unpaired) electrons. The fourth-order valence-corrected chi connectivity index (χ4v) is 5.74. The lowest BCUT2D eigenvalue weighted by Gasteiger charge is -2.10. The zero-order valence-corrected chi connectivity index (χ0v) is 19.5. The molecule has 9 heteroatoms. The Morgan fingerprint density at radius 1 is 1.03 bits per heavy atom. The van der Waals surface area contributed by atoms with E-state index >= 15 is 0 Å². The van der Waals surface area contributed by atoms with Gasteiger partial charge in [0.1, 0.15) is 15.8 Å². The van der Waals surface area contributed by atoms with Crippen LogP contribution in [0.3, 0.4) is 0 Å². The Morgan fingerprint density at radius 2 is 1.88 bits per heavy atom. The third-order valence-corrected chi connectivity index (χ3v) is 7.67. The van der Waals surface area contributed by atoms with E-state index in [9.17, 15) is 9.59 Å². The number of aromatic amines is 1. The Bertz CT molecular complexity index is 1350. The fraction of sp³-hybridized carbons (Fsp3) is 0.250. The number of hydrogen-bond acceptors (Lipinski definition) is 7. The molecule has 0 fully saturated rings. The van der Waals surface area contributed by atoms with Crippen LogP contribution in [0.25, 0.3) is 10.6 Å². The third-order valence-electron chi connectivity index (χ3n) is 5.57. The summed E-state index contributed by atoms with van der Waals surface area (Å²) in [6.07, 6.45) is 3.37. The molecule has 5 rings (SSSR count). The van der Waals surface area contributed by atoms with Gasteiger partial charge in [0.05, 0.1) is 0 Å². The van der Waals surface area contributed by atoms with Crippen molar-refractivity contribution in [3.8, 4) is 10.6 Å². The molecule has 0 aliphatic heterocycles. The van der Waals surface area contributed by atoms with E-state index in [1.54, 1.807) is 23.1 Å². The van der Waals surface area contributed by atoms with Crippen molar-refractivity contribution in [2.75, 3.05) is 11.1 Å². The maximum Gasteiger partial charge on any atom is 0.329 e. The number of fused-ring (bicyclic) bond motifs is 1. The van der Waals surface area contributed by atoms with Crippen LogP contribution in [0.1, 0.15) is 22.6 Å². The molecule has 1 aliphatic rings. The van der Waals surface area contributed by atoms with E-state index in [2.05, 4.69) is 32.6 Å². The molecule has 0 spiro atoms. The largest absolute Gasteiger partial charge is 0.342 e. The normalized spacial score (nSPS) is 12.6. The second kappa shape index (κ2) is 9.76. The van der Waals surface area contributed by atoms with Crippen LogP contribution in [0, 0.1) is 0 Å². The van der Waals surface area contributed by atoms with Crippen LogP contribution in [-0.4, -0.2) is 25.5 Å². The van der Waals surface area contributed by atoms with Gasteiger partial charge in [-0.15, -0.1) is 10.2 Å². The highest BCUT2D eigenvalue weighted by Crippen LogP contribution is 2.26. The van der Waals surface area contributed by atoms with Gasteiger partial charge in [-0.3, -0.25) is 14.3 Å². The van der Waals surface area contributed by atoms with Crippen molar-refractivity contribution in [3.63, 3.8) is 0 Å². The molecule has 0 bridgehead atoms. The summed E-state index contributed by atoms with van der Waals surface area (Å²) in [6.45, 7) is 0.336. The molecule has 0 saturated carbocycles. The smallest absolute Gasteiger partial charge is 0.329 e. The zero-order chi connectivity index (χ0) is 22.6. The van der Waals surface area contributed by atoms with E-state index in [0.29, 0.717) is 23.9 Å². The van der Waals surface area contributed by atoms with Gasteiger partial charge < -0.3 is 5.32 Å². The molecular formula is C24H23N5O2S2. The zero-order valence-electron chi connectivity index (χ0n) is 17.9. The predicted octanol–water partition coefficient (Wildman–Crippen LogP) is 4.22. The van der Waals surface area contributed by atoms with Gasteiger partial charge in [-0.05, 0) is 42.5 Å². The van der Waals surface area contributed by atoms with Crippen molar-refractivity contribution in [2.24, 2.45) is 0 Å². The first-order valence-electron chi connectivity index (χ1n) is 10.8. The first-order valence-corrected chi connectivity index (χ1v) is 12.8. The van der Waals surface area contributed by atoms with E-state index < -0.39 is 5.69 Å². The van der Waals surface area contributed by atoms with Crippen molar-refractivity contribution in [1.82, 2.24) is 19.7 Å². The molecule has 33 heavy (non-hydrogen) atoms. The number of nitrogens with one attached hydrogen (secondary N) is 2. The van der Waals surface area contributed by atoms with Gasteiger partial charge in [-0.1, -0.05) is 47.7 Å². The first kappa shape index (κ1) is 21.7. The number of rotatable bonds is 8. The highest BCUT2D eigenvalue weighted by Gasteiger charge is 2.12. The van der Waals surface area contributed by atoms with Crippen molar-refractivity contribution >= 4 is 34.6 Å². The lowest BCUT2D eigenvalue weighted by Crippen LogP contribution is -2.35. The number of aryl methyl sites for hydroxylation is 2. The molecule has 1 aliphatic carbocycles. The predicted molar refractivity (Wildman–Crippen MR) is 135 cm³/mol. The summed E-state index contributed by atoms with van der Waals surface area (Å²) >= 11 is 3.19. The highest BCUT2D eigenvalue weighted by molar-refractivity contribution is 7.98. The highest BCUT2D eigenvalue weighted by atomic mass is 32.2. The van der Waals surface area contributed by atoms with E-state index in [1.165, 1.54) is 28.2 Å². The lowest BCUT2D eigenvalue weighted by atomic mass is 10.1. The molecule has 168 valence electrons. The number of aromatic nitrogens is 4. The minimum atomic E-state index is -0.408. The average Bonchev–Trinajstić information content (AvgIpc) is 3.48. The van der Waals surface area contributed by atoms with Gasteiger partial charge in [0.15, 0.2) is 0 Å². The van der Waals surface area contributed by atoms with Gasteiger partial charge >= 0.3 is 5.69 Å². The Balaban J connectivity index is 1.17. The summed E-state index contributed by atoms with van der Waals surface area (Å²) in [7, 11) is 0. The van der Waals surface area contributed by atoms with Gasteiger partial charge in [0.2, 0.25) is 0 Å². The number of thioether (sulfide) groups is 1. The standard InChI is InChI=1S/C24H23N5O2S2/c30-22-14-20(25-19-10-9-16-7-4-8-18(16)13-19)26-24(31)29(22)11-12-32-15-21-27-28-23(33-21)17-5-2-1-3-6-17/h1-3,5-6,9-10,13-14,25H,4,7-8,11-12,15H2,(H,26,31). The average molecular weight is 478 g/mol. The molecule has 0 atom stereocenters. The summed E-state index contributed by atoms with van der Waals surface area (Å²) in [6, 6.07) is 17.6. The van der Waals surface area contributed by atoms with Gasteiger partial charge in [0.25, 0.3) is 5.56 Å². The summed E-state index contributed by atoms with van der Waals surface area (Å²) in [5.74, 6) is 1.73. The van der Waals surface area contributed by atoms with Crippen LogP contribution in [0.15, 0.2) is 64.2 Å². The Hall–Kier alpha value is -3.17. The molecule has 0 saturated heterocycles.